The quantitative estimate of drug-likeness (QED) is 0.172. The molecule has 53 heavy (non-hydrogen) atoms. The molecule has 1 heterocycles. The van der Waals surface area contributed by atoms with E-state index in [1.54, 1.807) is 11.1 Å². The van der Waals surface area contributed by atoms with Crippen LogP contribution in [0.2, 0.25) is 0 Å². The van der Waals surface area contributed by atoms with Gasteiger partial charge in [0.25, 0.3) is 0 Å². The summed E-state index contributed by atoms with van der Waals surface area (Å²) in [6.45, 7) is 0. The molecule has 1 heteroatoms. The number of thiophene rings is 1. The van der Waals surface area contributed by atoms with Gasteiger partial charge in [-0.1, -0.05) is 140 Å². The number of fused-ring (bicyclic) bond motifs is 6. The van der Waals surface area contributed by atoms with Gasteiger partial charge in [0.15, 0.2) is 0 Å². The summed E-state index contributed by atoms with van der Waals surface area (Å²) in [5.41, 5.74) is 16.8. The van der Waals surface area contributed by atoms with E-state index in [4.69, 9.17) is 0 Å². The molecule has 4 fully saturated rings. The third-order valence-electron chi connectivity index (χ3n) is 13.9. The third-order valence-corrected chi connectivity index (χ3v) is 15.0. The Balaban J connectivity index is 1.02. The average molecular weight is 697 g/mol. The van der Waals surface area contributed by atoms with Crippen LogP contribution in [0.4, 0.5) is 0 Å². The van der Waals surface area contributed by atoms with Gasteiger partial charge in [-0.2, -0.15) is 0 Å². The lowest BCUT2D eigenvalue weighted by Crippen LogP contribution is -2.55. The van der Waals surface area contributed by atoms with E-state index in [1.807, 2.05) is 11.3 Å². The Hall–Kier alpha value is -5.24. The fraction of sp³-hybridized carbons (Fsp3) is 0.192. The number of rotatable bonds is 4. The minimum Gasteiger partial charge on any atom is -0.135 e. The van der Waals surface area contributed by atoms with Crippen LogP contribution in [0.15, 0.2) is 158 Å². The van der Waals surface area contributed by atoms with Crippen molar-refractivity contribution in [1.82, 2.24) is 0 Å². The highest BCUT2D eigenvalue weighted by Crippen LogP contribution is 2.70. The van der Waals surface area contributed by atoms with Gasteiger partial charge in [-0.3, -0.25) is 0 Å². The average Bonchev–Trinajstić information content (AvgIpc) is 3.74. The number of hydrogen-bond acceptors (Lipinski definition) is 1. The fourth-order valence-electron chi connectivity index (χ4n) is 12.0. The topological polar surface area (TPSA) is 0 Å². The van der Waals surface area contributed by atoms with Crippen molar-refractivity contribution in [3.63, 3.8) is 0 Å². The SMILES string of the molecule is c1ccc(-c2ccc(-c3ccc(-c4cc(-c5cccc6c5-c5ccccc5C65C6CC7CC(C6)CC5C7)c5c(c4)sc4ccccc45)cc3)cc2)cc1. The Morgan fingerprint density at radius 3 is 1.64 bits per heavy atom. The zero-order valence-corrected chi connectivity index (χ0v) is 30.6. The van der Waals surface area contributed by atoms with E-state index in [0.717, 1.165) is 23.7 Å². The Bertz CT molecular complexity index is 2680. The van der Waals surface area contributed by atoms with Gasteiger partial charge in [0.2, 0.25) is 0 Å². The Morgan fingerprint density at radius 1 is 0.396 bits per heavy atom. The lowest BCUT2D eigenvalue weighted by molar-refractivity contribution is -0.0399. The largest absolute Gasteiger partial charge is 0.135 e. The molecule has 5 aliphatic carbocycles. The maximum Gasteiger partial charge on any atom is 0.0367 e. The van der Waals surface area contributed by atoms with E-state index in [2.05, 4.69) is 158 Å². The molecule has 13 rings (SSSR count). The van der Waals surface area contributed by atoms with Gasteiger partial charge < -0.3 is 0 Å². The van der Waals surface area contributed by atoms with Crippen molar-refractivity contribution in [2.45, 2.75) is 37.5 Å². The lowest BCUT2D eigenvalue weighted by Gasteiger charge is -2.61. The molecule has 0 aliphatic heterocycles. The maximum atomic E-state index is 2.54. The van der Waals surface area contributed by atoms with E-state index in [1.165, 1.54) is 108 Å². The van der Waals surface area contributed by atoms with Crippen molar-refractivity contribution in [2.24, 2.45) is 23.7 Å². The molecule has 1 aromatic heterocycles. The molecular weight excluding hydrogens is 657 g/mol. The molecule has 0 N–H and O–H groups in total. The van der Waals surface area contributed by atoms with Crippen molar-refractivity contribution in [1.29, 1.82) is 0 Å². The second kappa shape index (κ2) is 11.4. The first kappa shape index (κ1) is 30.2. The van der Waals surface area contributed by atoms with Gasteiger partial charge in [0.1, 0.15) is 0 Å². The molecule has 254 valence electrons. The Morgan fingerprint density at radius 2 is 0.943 bits per heavy atom. The Kier molecular flexibility index (Phi) is 6.49. The van der Waals surface area contributed by atoms with Crippen LogP contribution in [-0.2, 0) is 5.41 Å². The second-order valence-corrected chi connectivity index (χ2v) is 17.5. The lowest BCUT2D eigenvalue weighted by atomic mass is 9.43. The highest BCUT2D eigenvalue weighted by Gasteiger charge is 2.61. The van der Waals surface area contributed by atoms with Crippen LogP contribution in [0.5, 0.6) is 0 Å². The van der Waals surface area contributed by atoms with Crippen LogP contribution in [-0.4, -0.2) is 0 Å². The predicted molar refractivity (Wildman–Crippen MR) is 224 cm³/mol. The minimum atomic E-state index is 0.165. The van der Waals surface area contributed by atoms with Crippen LogP contribution < -0.4 is 0 Å². The highest BCUT2D eigenvalue weighted by atomic mass is 32.1. The van der Waals surface area contributed by atoms with Crippen LogP contribution in [0, 0.1) is 23.7 Å². The first-order valence-electron chi connectivity index (χ1n) is 19.7. The molecule has 0 saturated heterocycles. The number of benzene rings is 7. The zero-order valence-electron chi connectivity index (χ0n) is 29.8. The number of hydrogen-bond donors (Lipinski definition) is 0. The third kappa shape index (κ3) is 4.35. The molecule has 4 bridgehead atoms. The smallest absolute Gasteiger partial charge is 0.0367 e. The van der Waals surface area contributed by atoms with Crippen molar-refractivity contribution in [3.05, 3.63) is 169 Å². The molecule has 4 saturated carbocycles. The fourth-order valence-corrected chi connectivity index (χ4v) is 13.2. The van der Waals surface area contributed by atoms with E-state index < -0.39 is 0 Å². The predicted octanol–water partition coefficient (Wildman–Crippen LogP) is 14.4. The van der Waals surface area contributed by atoms with E-state index in [-0.39, 0.29) is 5.41 Å². The van der Waals surface area contributed by atoms with Crippen LogP contribution in [0.3, 0.4) is 0 Å². The molecule has 5 aliphatic rings. The molecule has 0 radical (unpaired) electrons. The van der Waals surface area contributed by atoms with Gasteiger partial charge in [0, 0.05) is 25.6 Å². The summed E-state index contributed by atoms with van der Waals surface area (Å²) in [5, 5.41) is 2.78. The first-order valence-corrected chi connectivity index (χ1v) is 20.5. The second-order valence-electron chi connectivity index (χ2n) is 16.5. The molecule has 0 amide bonds. The molecule has 0 atom stereocenters. The van der Waals surface area contributed by atoms with E-state index >= 15 is 0 Å². The minimum absolute atomic E-state index is 0.165. The van der Waals surface area contributed by atoms with Gasteiger partial charge in [-0.25, -0.2) is 0 Å². The molecule has 0 unspecified atom stereocenters. The summed E-state index contributed by atoms with van der Waals surface area (Å²) < 4.78 is 2.73. The molecule has 1 spiro atoms. The van der Waals surface area contributed by atoms with Crippen LogP contribution in [0.25, 0.3) is 75.8 Å². The van der Waals surface area contributed by atoms with Gasteiger partial charge >= 0.3 is 0 Å². The Labute approximate surface area is 315 Å². The van der Waals surface area contributed by atoms with Crippen molar-refractivity contribution in [2.75, 3.05) is 0 Å². The van der Waals surface area contributed by atoms with Crippen LogP contribution >= 0.6 is 11.3 Å². The standard InChI is InChI=1S/C52H40S/c1-2-9-34(10-3-1)35-17-19-36(20-18-35)37-21-23-38(24-22-37)39-30-45(51-44-12-5-7-16-48(44)53-49(51)31-39)42-13-8-15-47-50(42)43-11-4-6-14-46(43)52(47)40-26-32-25-33(28-40)29-41(52)27-32/h1-24,30-33,40-41H,25-29H2. The van der Waals surface area contributed by atoms with E-state index in [9.17, 15) is 0 Å². The van der Waals surface area contributed by atoms with Crippen molar-refractivity contribution >= 4 is 31.5 Å². The molecule has 8 aromatic rings. The molecular formula is C52H40S. The summed E-state index contributed by atoms with van der Waals surface area (Å²) in [5.74, 6) is 3.41. The van der Waals surface area contributed by atoms with Crippen molar-refractivity contribution < 1.29 is 0 Å². The summed E-state index contributed by atoms with van der Waals surface area (Å²) in [6.07, 6.45) is 7.12. The van der Waals surface area contributed by atoms with Crippen molar-refractivity contribution in [3.8, 4) is 55.6 Å². The highest BCUT2D eigenvalue weighted by molar-refractivity contribution is 7.26. The maximum absolute atomic E-state index is 2.54. The zero-order chi connectivity index (χ0) is 34.7. The van der Waals surface area contributed by atoms with Gasteiger partial charge in [-0.05, 0) is 141 Å². The van der Waals surface area contributed by atoms with Crippen LogP contribution in [0.1, 0.15) is 43.2 Å². The molecule has 0 nitrogen and oxygen atoms in total. The summed E-state index contributed by atoms with van der Waals surface area (Å²) in [4.78, 5) is 0. The normalized spacial score (nSPS) is 23.5. The summed E-state index contributed by atoms with van der Waals surface area (Å²) >= 11 is 1.94. The van der Waals surface area contributed by atoms with E-state index in [0.29, 0.717) is 0 Å². The van der Waals surface area contributed by atoms with Gasteiger partial charge in [-0.15, -0.1) is 11.3 Å². The summed E-state index contributed by atoms with van der Waals surface area (Å²) in [7, 11) is 0. The monoisotopic (exact) mass is 696 g/mol. The van der Waals surface area contributed by atoms with Gasteiger partial charge in [0.05, 0.1) is 0 Å². The first-order chi connectivity index (χ1) is 26.2. The summed E-state index contributed by atoms with van der Waals surface area (Å²) in [6, 6.07) is 59.9. The molecule has 7 aromatic carbocycles.